The summed E-state index contributed by atoms with van der Waals surface area (Å²) in [6.45, 7) is 1.78. The summed E-state index contributed by atoms with van der Waals surface area (Å²) in [4.78, 5) is 12.8. The van der Waals surface area contributed by atoms with Crippen LogP contribution >= 0.6 is 0 Å². The Labute approximate surface area is 93.6 Å². The van der Waals surface area contributed by atoms with E-state index in [0.29, 0.717) is 0 Å². The quantitative estimate of drug-likeness (QED) is 0.761. The number of hydrogen-bond acceptors (Lipinski definition) is 4. The SMILES string of the molecule is CCOC(=O)NNS(=O)(=O)c1ccccc1. The summed E-state index contributed by atoms with van der Waals surface area (Å²) in [5, 5.41) is 0. The number of hydrogen-bond donors (Lipinski definition) is 2. The standard InChI is InChI=1S/C9H12N2O4S/c1-2-15-9(12)10-11-16(13,14)8-6-4-3-5-7-8/h3-7,11H,2H2,1H3,(H,10,12). The number of nitrogens with one attached hydrogen (secondary N) is 2. The number of ether oxygens (including phenoxy) is 1. The average Bonchev–Trinajstić information content (AvgIpc) is 2.28. The van der Waals surface area contributed by atoms with E-state index in [0.717, 1.165) is 0 Å². The van der Waals surface area contributed by atoms with Gasteiger partial charge in [0.15, 0.2) is 0 Å². The highest BCUT2D eigenvalue weighted by atomic mass is 32.2. The van der Waals surface area contributed by atoms with E-state index in [4.69, 9.17) is 0 Å². The van der Waals surface area contributed by atoms with E-state index < -0.39 is 16.1 Å². The molecule has 0 aromatic heterocycles. The van der Waals surface area contributed by atoms with Gasteiger partial charge in [0.1, 0.15) is 0 Å². The van der Waals surface area contributed by atoms with Crippen LogP contribution in [-0.4, -0.2) is 21.1 Å². The van der Waals surface area contributed by atoms with Gasteiger partial charge in [-0.2, -0.15) is 0 Å². The molecular formula is C9H12N2O4S. The summed E-state index contributed by atoms with van der Waals surface area (Å²) in [5.74, 6) is 0. The van der Waals surface area contributed by atoms with Crippen molar-refractivity contribution in [3.05, 3.63) is 30.3 Å². The van der Waals surface area contributed by atoms with Crippen LogP contribution in [-0.2, 0) is 14.8 Å². The first-order chi connectivity index (χ1) is 7.56. The second-order valence-electron chi connectivity index (χ2n) is 2.76. The molecule has 0 fully saturated rings. The van der Waals surface area contributed by atoms with E-state index in [-0.39, 0.29) is 11.5 Å². The smallest absolute Gasteiger partial charge is 0.422 e. The molecule has 0 heterocycles. The van der Waals surface area contributed by atoms with Crippen LogP contribution in [0.1, 0.15) is 6.92 Å². The summed E-state index contributed by atoms with van der Waals surface area (Å²) in [6, 6.07) is 7.68. The van der Waals surface area contributed by atoms with E-state index >= 15 is 0 Å². The number of benzene rings is 1. The zero-order chi connectivity index (χ0) is 12.0. The predicted octanol–water partition coefficient (Wildman–Crippen LogP) is 0.626. The predicted molar refractivity (Wildman–Crippen MR) is 56.9 cm³/mol. The molecule has 1 amide bonds. The Hall–Kier alpha value is -1.60. The zero-order valence-electron chi connectivity index (χ0n) is 8.64. The first-order valence-electron chi connectivity index (χ1n) is 4.56. The summed E-state index contributed by atoms with van der Waals surface area (Å²) in [5.41, 5.74) is 1.92. The molecule has 0 aliphatic carbocycles. The largest absolute Gasteiger partial charge is 0.449 e. The van der Waals surface area contributed by atoms with Crippen molar-refractivity contribution < 1.29 is 17.9 Å². The molecule has 0 aliphatic heterocycles. The maximum absolute atomic E-state index is 11.6. The highest BCUT2D eigenvalue weighted by molar-refractivity contribution is 7.89. The molecule has 0 saturated heterocycles. The molecule has 0 bridgehead atoms. The lowest BCUT2D eigenvalue weighted by Crippen LogP contribution is -2.41. The topological polar surface area (TPSA) is 84.5 Å². The lowest BCUT2D eigenvalue weighted by atomic mass is 10.4. The van der Waals surface area contributed by atoms with Crippen LogP contribution in [0.25, 0.3) is 0 Å². The zero-order valence-corrected chi connectivity index (χ0v) is 9.45. The molecule has 0 radical (unpaired) electrons. The number of carbonyl (C=O) groups excluding carboxylic acids is 1. The van der Waals surface area contributed by atoms with E-state index in [1.54, 1.807) is 25.1 Å². The minimum atomic E-state index is -3.74. The van der Waals surface area contributed by atoms with Gasteiger partial charge in [0.2, 0.25) is 0 Å². The van der Waals surface area contributed by atoms with Gasteiger partial charge in [-0.1, -0.05) is 18.2 Å². The van der Waals surface area contributed by atoms with Gasteiger partial charge >= 0.3 is 6.09 Å². The van der Waals surface area contributed by atoms with Crippen LogP contribution in [0.2, 0.25) is 0 Å². The highest BCUT2D eigenvalue weighted by Crippen LogP contribution is 2.05. The normalized spacial score (nSPS) is 10.8. The molecule has 0 atom stereocenters. The van der Waals surface area contributed by atoms with Crippen molar-refractivity contribution in [2.24, 2.45) is 0 Å². The fraction of sp³-hybridized carbons (Fsp3) is 0.222. The van der Waals surface area contributed by atoms with E-state index in [2.05, 4.69) is 4.74 Å². The molecule has 2 N–H and O–H groups in total. The van der Waals surface area contributed by atoms with Crippen molar-refractivity contribution in [1.82, 2.24) is 10.3 Å². The van der Waals surface area contributed by atoms with Crippen LogP contribution in [0.5, 0.6) is 0 Å². The Morgan fingerprint density at radius 2 is 1.94 bits per heavy atom. The van der Waals surface area contributed by atoms with Crippen LogP contribution in [0.4, 0.5) is 4.79 Å². The summed E-state index contributed by atoms with van der Waals surface area (Å²) in [6.07, 6.45) is -0.845. The molecule has 6 nitrogen and oxygen atoms in total. The third-order valence-electron chi connectivity index (χ3n) is 1.62. The molecule has 16 heavy (non-hydrogen) atoms. The second kappa shape index (κ2) is 5.47. The van der Waals surface area contributed by atoms with E-state index in [9.17, 15) is 13.2 Å². The van der Waals surface area contributed by atoms with Gasteiger partial charge in [-0.05, 0) is 19.1 Å². The van der Waals surface area contributed by atoms with Crippen molar-refractivity contribution in [2.45, 2.75) is 11.8 Å². The Balaban J connectivity index is 2.64. The molecular weight excluding hydrogens is 232 g/mol. The average molecular weight is 244 g/mol. The minimum absolute atomic E-state index is 0.0619. The second-order valence-corrected chi connectivity index (χ2v) is 4.45. The minimum Gasteiger partial charge on any atom is -0.449 e. The number of amides is 1. The van der Waals surface area contributed by atoms with Gasteiger partial charge in [0.05, 0.1) is 11.5 Å². The Kier molecular flexibility index (Phi) is 4.27. The van der Waals surface area contributed by atoms with Gasteiger partial charge in [0.25, 0.3) is 10.0 Å². The van der Waals surface area contributed by atoms with Crippen LogP contribution in [0.3, 0.4) is 0 Å². The Morgan fingerprint density at radius 3 is 2.50 bits per heavy atom. The maximum atomic E-state index is 11.6. The number of hydrazine groups is 1. The van der Waals surface area contributed by atoms with Gasteiger partial charge in [-0.25, -0.2) is 18.6 Å². The molecule has 1 aromatic carbocycles. The lowest BCUT2D eigenvalue weighted by Gasteiger charge is -2.07. The van der Waals surface area contributed by atoms with Crippen LogP contribution in [0.15, 0.2) is 35.2 Å². The number of carbonyl (C=O) groups is 1. The van der Waals surface area contributed by atoms with Crippen molar-refractivity contribution in [3.63, 3.8) is 0 Å². The molecule has 0 unspecified atom stereocenters. The summed E-state index contributed by atoms with van der Waals surface area (Å²) < 4.78 is 27.6. The number of rotatable bonds is 4. The summed E-state index contributed by atoms with van der Waals surface area (Å²) in [7, 11) is -3.74. The third-order valence-corrected chi connectivity index (χ3v) is 2.88. The molecule has 88 valence electrons. The molecule has 0 spiro atoms. The first-order valence-corrected chi connectivity index (χ1v) is 6.04. The van der Waals surface area contributed by atoms with Crippen molar-refractivity contribution in [1.29, 1.82) is 0 Å². The molecule has 7 heteroatoms. The first kappa shape index (κ1) is 12.5. The van der Waals surface area contributed by atoms with Gasteiger partial charge in [0, 0.05) is 0 Å². The highest BCUT2D eigenvalue weighted by Gasteiger charge is 2.14. The summed E-state index contributed by atoms with van der Waals surface area (Å²) >= 11 is 0. The van der Waals surface area contributed by atoms with Gasteiger partial charge < -0.3 is 4.74 Å². The van der Waals surface area contributed by atoms with E-state index in [1.807, 2.05) is 10.3 Å². The maximum Gasteiger partial charge on any atom is 0.422 e. The van der Waals surface area contributed by atoms with Gasteiger partial charge in [-0.15, -0.1) is 4.83 Å². The van der Waals surface area contributed by atoms with Gasteiger partial charge in [-0.3, -0.25) is 0 Å². The fourth-order valence-corrected chi connectivity index (χ4v) is 1.79. The van der Waals surface area contributed by atoms with Crippen LogP contribution in [0, 0.1) is 0 Å². The van der Waals surface area contributed by atoms with Crippen molar-refractivity contribution >= 4 is 16.1 Å². The Bertz CT molecular complexity index is 444. The molecule has 1 aromatic rings. The van der Waals surface area contributed by atoms with Crippen molar-refractivity contribution in [3.8, 4) is 0 Å². The fourth-order valence-electron chi connectivity index (χ4n) is 0.935. The monoisotopic (exact) mass is 244 g/mol. The lowest BCUT2D eigenvalue weighted by molar-refractivity contribution is 0.150. The molecule has 0 saturated carbocycles. The third kappa shape index (κ3) is 3.52. The molecule has 1 rings (SSSR count). The van der Waals surface area contributed by atoms with Crippen molar-refractivity contribution in [2.75, 3.05) is 6.61 Å². The number of sulfonamides is 1. The van der Waals surface area contributed by atoms with Crippen LogP contribution < -0.4 is 10.3 Å². The Morgan fingerprint density at radius 1 is 1.31 bits per heavy atom. The van der Waals surface area contributed by atoms with E-state index in [1.165, 1.54) is 12.1 Å². The molecule has 0 aliphatic rings.